The summed E-state index contributed by atoms with van der Waals surface area (Å²) >= 11 is 0. The van der Waals surface area contributed by atoms with Crippen molar-refractivity contribution in [3.8, 4) is 5.75 Å². The second-order valence-electron chi connectivity index (χ2n) is 4.74. The normalized spacial score (nSPS) is 10.3. The van der Waals surface area contributed by atoms with Crippen LogP contribution in [-0.2, 0) is 6.42 Å². The lowest BCUT2D eigenvalue weighted by molar-refractivity contribution is -0.384. The van der Waals surface area contributed by atoms with Crippen LogP contribution in [-0.4, -0.2) is 11.5 Å². The molecule has 0 fully saturated rings. The van der Waals surface area contributed by atoms with Crippen LogP contribution in [0, 0.1) is 24.0 Å². The molecule has 4 heteroatoms. The van der Waals surface area contributed by atoms with E-state index in [1.165, 1.54) is 12.1 Å². The molecule has 0 aliphatic rings. The van der Waals surface area contributed by atoms with Gasteiger partial charge >= 0.3 is 0 Å². The lowest BCUT2D eigenvalue weighted by atomic mass is 10.1. The first-order valence-electron chi connectivity index (χ1n) is 6.50. The van der Waals surface area contributed by atoms with Gasteiger partial charge < -0.3 is 4.74 Å². The molecule has 0 radical (unpaired) electrons. The molecule has 0 aliphatic carbocycles. The fraction of sp³-hybridized carbons (Fsp3) is 0.250. The van der Waals surface area contributed by atoms with Crippen molar-refractivity contribution in [3.05, 3.63) is 69.3 Å². The molecule has 0 aliphatic heterocycles. The molecule has 4 nitrogen and oxygen atoms in total. The smallest absolute Gasteiger partial charge is 0.269 e. The molecule has 0 amide bonds. The van der Waals surface area contributed by atoms with Crippen molar-refractivity contribution in [2.45, 2.75) is 20.3 Å². The first kappa shape index (κ1) is 14.1. The average molecular weight is 271 g/mol. The van der Waals surface area contributed by atoms with E-state index in [1.54, 1.807) is 12.1 Å². The van der Waals surface area contributed by atoms with Gasteiger partial charge in [0.15, 0.2) is 0 Å². The number of aryl methyl sites for hydroxylation is 2. The molecule has 2 aromatic rings. The van der Waals surface area contributed by atoms with Gasteiger partial charge in [-0.05, 0) is 30.5 Å². The van der Waals surface area contributed by atoms with Crippen molar-refractivity contribution in [2.24, 2.45) is 0 Å². The van der Waals surface area contributed by atoms with E-state index in [-0.39, 0.29) is 5.69 Å². The molecule has 20 heavy (non-hydrogen) atoms. The lowest BCUT2D eigenvalue weighted by Crippen LogP contribution is -2.03. The number of hydrogen-bond donors (Lipinski definition) is 0. The molecule has 0 saturated carbocycles. The maximum atomic E-state index is 10.6. The summed E-state index contributed by atoms with van der Waals surface area (Å²) in [7, 11) is 0. The minimum Gasteiger partial charge on any atom is -0.493 e. The summed E-state index contributed by atoms with van der Waals surface area (Å²) in [5.74, 6) is 0.925. The zero-order chi connectivity index (χ0) is 14.5. The molecule has 0 N–H and O–H groups in total. The standard InChI is InChI=1S/C16H17NO3/c1-12-4-3-5-13(2)16(12)20-11-10-14-6-8-15(9-7-14)17(18)19/h3-9H,10-11H2,1-2H3. The van der Waals surface area contributed by atoms with Gasteiger partial charge in [0, 0.05) is 18.6 Å². The molecule has 2 rings (SSSR count). The number of hydrogen-bond acceptors (Lipinski definition) is 3. The predicted octanol–water partition coefficient (Wildman–Crippen LogP) is 3.83. The van der Waals surface area contributed by atoms with Gasteiger partial charge in [0.05, 0.1) is 11.5 Å². The van der Waals surface area contributed by atoms with Gasteiger partial charge in [0.2, 0.25) is 0 Å². The van der Waals surface area contributed by atoms with Crippen LogP contribution < -0.4 is 4.74 Å². The SMILES string of the molecule is Cc1cccc(C)c1OCCc1ccc([N+](=O)[O-])cc1. The summed E-state index contributed by atoms with van der Waals surface area (Å²) in [6.07, 6.45) is 0.728. The van der Waals surface area contributed by atoms with Crippen molar-refractivity contribution >= 4 is 5.69 Å². The Hall–Kier alpha value is -2.36. The number of nitro groups is 1. The Labute approximate surface area is 118 Å². The predicted molar refractivity (Wildman–Crippen MR) is 78.2 cm³/mol. The molecule has 0 saturated heterocycles. The molecule has 0 spiro atoms. The maximum Gasteiger partial charge on any atom is 0.269 e. The van der Waals surface area contributed by atoms with E-state index in [0.717, 1.165) is 28.9 Å². The minimum absolute atomic E-state index is 0.115. The number of ether oxygens (including phenoxy) is 1. The van der Waals surface area contributed by atoms with Gasteiger partial charge in [-0.2, -0.15) is 0 Å². The van der Waals surface area contributed by atoms with E-state index in [0.29, 0.717) is 6.61 Å². The van der Waals surface area contributed by atoms with Crippen molar-refractivity contribution in [1.82, 2.24) is 0 Å². The van der Waals surface area contributed by atoms with Gasteiger partial charge in [-0.15, -0.1) is 0 Å². The molecule has 0 bridgehead atoms. The Bertz CT molecular complexity index is 585. The number of benzene rings is 2. The summed E-state index contributed by atoms with van der Waals surface area (Å²) in [6, 6.07) is 12.6. The highest BCUT2D eigenvalue weighted by atomic mass is 16.6. The van der Waals surface area contributed by atoms with E-state index in [9.17, 15) is 10.1 Å². The third-order valence-electron chi connectivity index (χ3n) is 3.19. The van der Waals surface area contributed by atoms with Gasteiger partial charge in [-0.3, -0.25) is 10.1 Å². The molecular weight excluding hydrogens is 254 g/mol. The summed E-state index contributed by atoms with van der Waals surface area (Å²) in [5, 5.41) is 10.6. The van der Waals surface area contributed by atoms with Gasteiger partial charge in [0.25, 0.3) is 5.69 Å². The Balaban J connectivity index is 1.94. The Morgan fingerprint density at radius 3 is 2.20 bits per heavy atom. The zero-order valence-corrected chi connectivity index (χ0v) is 11.6. The van der Waals surface area contributed by atoms with Crippen molar-refractivity contribution in [2.75, 3.05) is 6.61 Å². The molecule has 0 heterocycles. The summed E-state index contributed by atoms with van der Waals surface area (Å²) in [5.41, 5.74) is 3.38. The average Bonchev–Trinajstić information content (AvgIpc) is 2.42. The molecule has 0 atom stereocenters. The maximum absolute atomic E-state index is 10.6. The van der Waals surface area contributed by atoms with Crippen LogP contribution in [0.5, 0.6) is 5.75 Å². The first-order chi connectivity index (χ1) is 9.58. The molecular formula is C16H17NO3. The monoisotopic (exact) mass is 271 g/mol. The van der Waals surface area contributed by atoms with Gasteiger partial charge in [-0.1, -0.05) is 30.3 Å². The largest absolute Gasteiger partial charge is 0.493 e. The number of rotatable bonds is 5. The summed E-state index contributed by atoms with van der Waals surface area (Å²) in [4.78, 5) is 10.2. The molecule has 0 unspecified atom stereocenters. The number of nitro benzene ring substituents is 1. The second kappa shape index (κ2) is 6.19. The van der Waals surface area contributed by atoms with Crippen molar-refractivity contribution < 1.29 is 9.66 Å². The van der Waals surface area contributed by atoms with E-state index in [1.807, 2.05) is 32.0 Å². The fourth-order valence-corrected chi connectivity index (χ4v) is 2.08. The topological polar surface area (TPSA) is 52.4 Å². The molecule has 2 aromatic carbocycles. The van der Waals surface area contributed by atoms with Crippen LogP contribution in [0.4, 0.5) is 5.69 Å². The zero-order valence-electron chi connectivity index (χ0n) is 11.6. The van der Waals surface area contributed by atoms with Crippen LogP contribution in [0.2, 0.25) is 0 Å². The van der Waals surface area contributed by atoms with E-state index in [2.05, 4.69) is 0 Å². The van der Waals surface area contributed by atoms with Crippen LogP contribution in [0.3, 0.4) is 0 Å². The highest BCUT2D eigenvalue weighted by Crippen LogP contribution is 2.22. The second-order valence-corrected chi connectivity index (χ2v) is 4.74. The fourth-order valence-electron chi connectivity index (χ4n) is 2.08. The third kappa shape index (κ3) is 3.35. The van der Waals surface area contributed by atoms with Crippen LogP contribution in [0.1, 0.15) is 16.7 Å². The lowest BCUT2D eigenvalue weighted by Gasteiger charge is -2.11. The first-order valence-corrected chi connectivity index (χ1v) is 6.50. The Morgan fingerprint density at radius 2 is 1.65 bits per heavy atom. The summed E-state index contributed by atoms with van der Waals surface area (Å²) < 4.78 is 5.82. The van der Waals surface area contributed by atoms with Gasteiger partial charge in [-0.25, -0.2) is 0 Å². The Morgan fingerprint density at radius 1 is 1.05 bits per heavy atom. The minimum atomic E-state index is -0.392. The van der Waals surface area contributed by atoms with E-state index in [4.69, 9.17) is 4.74 Å². The number of para-hydroxylation sites is 1. The van der Waals surface area contributed by atoms with Crippen LogP contribution in [0.25, 0.3) is 0 Å². The van der Waals surface area contributed by atoms with E-state index >= 15 is 0 Å². The molecule has 104 valence electrons. The van der Waals surface area contributed by atoms with Crippen molar-refractivity contribution in [3.63, 3.8) is 0 Å². The van der Waals surface area contributed by atoms with E-state index < -0.39 is 4.92 Å². The highest BCUT2D eigenvalue weighted by molar-refractivity contribution is 5.39. The Kier molecular flexibility index (Phi) is 4.35. The van der Waals surface area contributed by atoms with Crippen LogP contribution >= 0.6 is 0 Å². The number of non-ortho nitro benzene ring substituents is 1. The van der Waals surface area contributed by atoms with Gasteiger partial charge in [0.1, 0.15) is 5.75 Å². The van der Waals surface area contributed by atoms with Crippen molar-refractivity contribution in [1.29, 1.82) is 0 Å². The quantitative estimate of drug-likeness (QED) is 0.613. The summed E-state index contributed by atoms with van der Waals surface area (Å²) in [6.45, 7) is 4.60. The third-order valence-corrected chi connectivity index (χ3v) is 3.19. The highest BCUT2D eigenvalue weighted by Gasteiger charge is 2.05. The number of nitrogens with zero attached hydrogens (tertiary/aromatic N) is 1. The molecule has 0 aromatic heterocycles. The van der Waals surface area contributed by atoms with Crippen LogP contribution in [0.15, 0.2) is 42.5 Å².